The Kier molecular flexibility index (Phi) is 13.0. The van der Waals surface area contributed by atoms with Crippen LogP contribution in [0.1, 0.15) is 25.7 Å². The van der Waals surface area contributed by atoms with Crippen LogP contribution >= 0.6 is 0 Å². The second-order valence-electron chi connectivity index (χ2n) is 6.85. The minimum Gasteiger partial charge on any atom is -0.480 e. The second-order valence-corrected chi connectivity index (χ2v) is 6.85. The quantitative estimate of drug-likeness (QED) is 0.280. The number of ether oxygens (including phenoxy) is 2. The monoisotopic (exact) mass is 492 g/mol. The summed E-state index contributed by atoms with van der Waals surface area (Å²) >= 11 is 0. The van der Waals surface area contributed by atoms with Crippen LogP contribution in [0.2, 0.25) is 0 Å². The second kappa shape index (κ2) is 14.0. The number of carbonyl (C=O) groups excluding carboxylic acids is 2. The first-order chi connectivity index (χ1) is 14.2. The molecule has 170 valence electrons. The molecule has 0 spiro atoms. The molecule has 12 nitrogen and oxygen atoms in total. The van der Waals surface area contributed by atoms with Gasteiger partial charge in [-0.05, 0) is 25.7 Å². The molecule has 0 unspecified atom stereocenters. The van der Waals surface area contributed by atoms with Crippen LogP contribution in [-0.2, 0) is 48.1 Å². The molecule has 2 amide bonds. The van der Waals surface area contributed by atoms with Crippen LogP contribution in [0.3, 0.4) is 0 Å². The normalized spacial score (nSPS) is 20.6. The fraction of sp³-hybridized carbons (Fsp3) is 0.556. The predicted octanol–water partition coefficient (Wildman–Crippen LogP) is -0.985. The Hall–Kier alpha value is -2.18. The predicted molar refractivity (Wildman–Crippen MR) is 103 cm³/mol. The van der Waals surface area contributed by atoms with E-state index in [1.807, 2.05) is 0 Å². The summed E-state index contributed by atoms with van der Waals surface area (Å²) in [4.78, 5) is 43.7. The van der Waals surface area contributed by atoms with Crippen molar-refractivity contribution < 1.29 is 58.3 Å². The maximum absolute atomic E-state index is 10.5. The molecule has 0 aliphatic carbocycles. The smallest absolute Gasteiger partial charge is 0.323 e. The molecule has 0 bridgehead atoms. The fourth-order valence-electron chi connectivity index (χ4n) is 2.45. The molecular formula is C18H28N4O8Zn. The van der Waals surface area contributed by atoms with E-state index in [9.17, 15) is 19.2 Å². The van der Waals surface area contributed by atoms with Gasteiger partial charge in [-0.15, -0.1) is 0 Å². The van der Waals surface area contributed by atoms with E-state index < -0.39 is 23.0 Å². The first kappa shape index (κ1) is 28.8. The summed E-state index contributed by atoms with van der Waals surface area (Å²) < 4.78 is 9.94. The molecule has 0 aromatic heterocycles. The number of hydrogen-bond acceptors (Lipinski definition) is 8. The zero-order valence-electron chi connectivity index (χ0n) is 17.2. The number of rotatable bonds is 4. The van der Waals surface area contributed by atoms with Gasteiger partial charge in [0.2, 0.25) is 12.8 Å². The van der Waals surface area contributed by atoms with E-state index in [2.05, 4.69) is 0 Å². The van der Waals surface area contributed by atoms with E-state index >= 15 is 0 Å². The Labute approximate surface area is 192 Å². The van der Waals surface area contributed by atoms with Crippen LogP contribution < -0.4 is 11.5 Å². The summed E-state index contributed by atoms with van der Waals surface area (Å²) in [7, 11) is 0. The third-order valence-corrected chi connectivity index (χ3v) is 4.69. The minimum atomic E-state index is -1.03. The van der Waals surface area contributed by atoms with Crippen molar-refractivity contribution in [1.82, 2.24) is 9.80 Å². The first-order valence-corrected chi connectivity index (χ1v) is 9.19. The Morgan fingerprint density at radius 1 is 0.742 bits per heavy atom. The molecule has 3 aliphatic heterocycles. The zero-order chi connectivity index (χ0) is 22.6. The SMILES string of the molecule is NC1(C(=O)O)CCOCC1.NC1(C(=O)O)CCOCC1.O=CN1C=CN(C=O)C=C1.[Zn]. The number of nitrogens with two attached hydrogens (primary N) is 2. The molecule has 0 saturated carbocycles. The van der Waals surface area contributed by atoms with Crippen molar-refractivity contribution in [3.8, 4) is 0 Å². The molecule has 3 aliphatic rings. The van der Waals surface area contributed by atoms with Crippen LogP contribution in [0.15, 0.2) is 24.8 Å². The molecule has 3 rings (SSSR count). The van der Waals surface area contributed by atoms with E-state index in [1.165, 1.54) is 34.6 Å². The molecule has 2 fully saturated rings. The maximum atomic E-state index is 10.5. The van der Waals surface area contributed by atoms with E-state index in [1.54, 1.807) is 0 Å². The van der Waals surface area contributed by atoms with Crippen molar-refractivity contribution >= 4 is 24.8 Å². The number of hydrogen-bond donors (Lipinski definition) is 4. The van der Waals surface area contributed by atoms with Crippen LogP contribution in [0, 0.1) is 0 Å². The fourth-order valence-corrected chi connectivity index (χ4v) is 2.45. The Bertz CT molecular complexity index is 593. The van der Waals surface area contributed by atoms with E-state index in [4.69, 9.17) is 31.2 Å². The molecule has 6 N–H and O–H groups in total. The Balaban J connectivity index is 0.000000429. The van der Waals surface area contributed by atoms with Gasteiger partial charge < -0.3 is 31.2 Å². The zero-order valence-corrected chi connectivity index (χ0v) is 20.2. The van der Waals surface area contributed by atoms with Crippen molar-refractivity contribution in [3.05, 3.63) is 24.8 Å². The summed E-state index contributed by atoms with van der Waals surface area (Å²) in [6.07, 6.45) is 8.92. The molecule has 31 heavy (non-hydrogen) atoms. The maximum Gasteiger partial charge on any atom is 0.323 e. The molecule has 0 aromatic carbocycles. The molecule has 0 atom stereocenters. The van der Waals surface area contributed by atoms with Gasteiger partial charge in [0.15, 0.2) is 0 Å². The number of carboxylic acids is 2. The topological polar surface area (TPSA) is 186 Å². The number of carbonyl (C=O) groups is 4. The Morgan fingerprint density at radius 2 is 1.00 bits per heavy atom. The standard InChI is InChI=1S/C6H6N2O2.2C6H11NO3.Zn/c9-5-7-1-2-8(6-10)4-3-7;2*7-6(5(8)9)1-3-10-4-2-6;/h1-6H;2*1-4,7H2,(H,8,9);. The summed E-state index contributed by atoms with van der Waals surface area (Å²) in [6, 6.07) is 0. The van der Waals surface area contributed by atoms with Gasteiger partial charge >= 0.3 is 11.9 Å². The van der Waals surface area contributed by atoms with Gasteiger partial charge in [0, 0.05) is 70.7 Å². The van der Waals surface area contributed by atoms with Gasteiger partial charge in [-0.1, -0.05) is 0 Å². The third kappa shape index (κ3) is 9.66. The molecule has 13 heteroatoms. The molecule has 0 aromatic rings. The average Bonchev–Trinajstić information content (AvgIpc) is 2.75. The van der Waals surface area contributed by atoms with Crippen LogP contribution in [0.4, 0.5) is 0 Å². The van der Waals surface area contributed by atoms with E-state index in [-0.39, 0.29) is 19.5 Å². The number of amides is 2. The minimum absolute atomic E-state index is 0. The average molecular weight is 494 g/mol. The summed E-state index contributed by atoms with van der Waals surface area (Å²) in [5.74, 6) is -1.84. The van der Waals surface area contributed by atoms with E-state index in [0.717, 1.165) is 0 Å². The van der Waals surface area contributed by atoms with Crippen LogP contribution in [0.25, 0.3) is 0 Å². The van der Waals surface area contributed by atoms with Gasteiger partial charge in [-0.3, -0.25) is 29.0 Å². The van der Waals surface area contributed by atoms with Crippen molar-refractivity contribution in [1.29, 1.82) is 0 Å². The molecular weight excluding hydrogens is 466 g/mol. The summed E-state index contributed by atoms with van der Waals surface area (Å²) in [5.41, 5.74) is 8.99. The van der Waals surface area contributed by atoms with Crippen molar-refractivity contribution in [2.75, 3.05) is 26.4 Å². The number of aliphatic carboxylic acids is 2. The summed E-state index contributed by atoms with van der Waals surface area (Å²) in [6.45, 7) is 1.84. The number of carboxylic acid groups (broad SMARTS) is 2. The van der Waals surface area contributed by atoms with Crippen molar-refractivity contribution in [2.45, 2.75) is 36.8 Å². The van der Waals surface area contributed by atoms with Gasteiger partial charge in [0.25, 0.3) is 0 Å². The van der Waals surface area contributed by atoms with Crippen molar-refractivity contribution in [2.24, 2.45) is 11.5 Å². The van der Waals surface area contributed by atoms with Crippen LogP contribution in [-0.4, -0.2) is 82.3 Å². The third-order valence-electron chi connectivity index (χ3n) is 4.69. The Morgan fingerprint density at radius 3 is 1.16 bits per heavy atom. The molecule has 3 heterocycles. The summed E-state index contributed by atoms with van der Waals surface area (Å²) in [5, 5.41) is 17.2. The molecule has 0 radical (unpaired) electrons. The van der Waals surface area contributed by atoms with Gasteiger partial charge in [0.05, 0.1) is 0 Å². The van der Waals surface area contributed by atoms with E-state index in [0.29, 0.717) is 64.9 Å². The van der Waals surface area contributed by atoms with Crippen LogP contribution in [0.5, 0.6) is 0 Å². The van der Waals surface area contributed by atoms with Gasteiger partial charge in [0.1, 0.15) is 11.1 Å². The molecule has 2 saturated heterocycles. The van der Waals surface area contributed by atoms with Gasteiger partial charge in [-0.25, -0.2) is 0 Å². The largest absolute Gasteiger partial charge is 0.480 e. The van der Waals surface area contributed by atoms with Crippen molar-refractivity contribution in [3.63, 3.8) is 0 Å². The first-order valence-electron chi connectivity index (χ1n) is 9.19. The van der Waals surface area contributed by atoms with Gasteiger partial charge in [-0.2, -0.15) is 0 Å². The number of nitrogens with zero attached hydrogens (tertiary/aromatic N) is 2.